The van der Waals surface area contributed by atoms with E-state index in [2.05, 4.69) is 4.98 Å². The zero-order chi connectivity index (χ0) is 16.5. The highest BCUT2D eigenvalue weighted by molar-refractivity contribution is 7.91. The largest absolute Gasteiger partial charge is 0.417 e. The van der Waals surface area contributed by atoms with Crippen LogP contribution in [0.1, 0.15) is 29.9 Å². The van der Waals surface area contributed by atoms with Crippen molar-refractivity contribution >= 4 is 9.84 Å². The molecular weight excluding hydrogens is 324 g/mol. The Morgan fingerprint density at radius 1 is 1.14 bits per heavy atom. The third-order valence-corrected chi connectivity index (χ3v) is 4.83. The molecule has 0 bridgehead atoms. The van der Waals surface area contributed by atoms with Gasteiger partial charge in [-0.1, -0.05) is 0 Å². The van der Waals surface area contributed by atoms with E-state index in [0.29, 0.717) is 12.3 Å². The molecule has 1 atom stereocenters. The molecule has 0 fully saturated rings. The second-order valence-corrected chi connectivity index (χ2v) is 6.78. The van der Waals surface area contributed by atoms with Crippen LogP contribution in [0.3, 0.4) is 0 Å². The smallest absolute Gasteiger partial charge is 0.259 e. The van der Waals surface area contributed by atoms with Gasteiger partial charge in [-0.05, 0) is 19.1 Å². The van der Waals surface area contributed by atoms with E-state index in [-0.39, 0.29) is 5.69 Å². The standard InChI is InChI=1S/C11H11F6NO2S/c1-7(21(19,20)5-4-10(12,13)14)9-3-2-8(6-18-9)11(15,16)17/h2-3,6-7H,4-5H2,1H3. The molecule has 0 aliphatic heterocycles. The second-order valence-electron chi connectivity index (χ2n) is 4.34. The predicted molar refractivity (Wildman–Crippen MR) is 62.1 cm³/mol. The number of aromatic nitrogens is 1. The van der Waals surface area contributed by atoms with E-state index < -0.39 is 45.2 Å². The van der Waals surface area contributed by atoms with E-state index in [4.69, 9.17) is 0 Å². The van der Waals surface area contributed by atoms with Crippen molar-refractivity contribution in [3.8, 4) is 0 Å². The number of rotatable bonds is 4. The average Bonchev–Trinajstić information content (AvgIpc) is 2.34. The van der Waals surface area contributed by atoms with Gasteiger partial charge in [-0.25, -0.2) is 8.42 Å². The molecule has 0 radical (unpaired) electrons. The normalized spacial score (nSPS) is 15.0. The molecule has 1 aromatic rings. The van der Waals surface area contributed by atoms with E-state index >= 15 is 0 Å². The van der Waals surface area contributed by atoms with Crippen molar-refractivity contribution in [2.24, 2.45) is 0 Å². The van der Waals surface area contributed by atoms with Crippen molar-refractivity contribution in [2.75, 3.05) is 5.75 Å². The van der Waals surface area contributed by atoms with Crippen molar-refractivity contribution in [1.82, 2.24) is 4.98 Å². The number of alkyl halides is 6. The molecule has 1 aromatic heterocycles. The van der Waals surface area contributed by atoms with Crippen molar-refractivity contribution in [3.05, 3.63) is 29.6 Å². The molecule has 3 nitrogen and oxygen atoms in total. The molecule has 21 heavy (non-hydrogen) atoms. The first kappa shape index (κ1) is 17.7. The minimum absolute atomic E-state index is 0.231. The molecule has 0 saturated carbocycles. The van der Waals surface area contributed by atoms with Gasteiger partial charge < -0.3 is 0 Å². The van der Waals surface area contributed by atoms with Crippen LogP contribution in [0.25, 0.3) is 0 Å². The number of nitrogens with zero attached hydrogens (tertiary/aromatic N) is 1. The van der Waals surface area contributed by atoms with Gasteiger partial charge >= 0.3 is 12.4 Å². The summed E-state index contributed by atoms with van der Waals surface area (Å²) in [5.74, 6) is -1.14. The first-order valence-electron chi connectivity index (χ1n) is 5.64. The van der Waals surface area contributed by atoms with E-state index in [1.54, 1.807) is 0 Å². The Kier molecular flexibility index (Phi) is 4.91. The van der Waals surface area contributed by atoms with Crippen molar-refractivity contribution in [2.45, 2.75) is 30.9 Å². The highest BCUT2D eigenvalue weighted by atomic mass is 32.2. The minimum atomic E-state index is -4.62. The van der Waals surface area contributed by atoms with Gasteiger partial charge in [0.2, 0.25) is 0 Å². The van der Waals surface area contributed by atoms with Gasteiger partial charge in [-0.2, -0.15) is 26.3 Å². The number of pyridine rings is 1. The summed E-state index contributed by atoms with van der Waals surface area (Å²) in [6, 6.07) is 1.48. The average molecular weight is 335 g/mol. The Morgan fingerprint density at radius 3 is 2.10 bits per heavy atom. The molecule has 0 aliphatic rings. The van der Waals surface area contributed by atoms with Crippen molar-refractivity contribution in [3.63, 3.8) is 0 Å². The minimum Gasteiger partial charge on any atom is -0.259 e. The monoisotopic (exact) mass is 335 g/mol. The summed E-state index contributed by atoms with van der Waals surface area (Å²) in [6.45, 7) is 1.08. The van der Waals surface area contributed by atoms with Crippen LogP contribution in [0.2, 0.25) is 0 Å². The van der Waals surface area contributed by atoms with Crippen LogP contribution in [-0.2, 0) is 16.0 Å². The molecule has 0 saturated heterocycles. The zero-order valence-corrected chi connectivity index (χ0v) is 11.5. The SMILES string of the molecule is CC(c1ccc(C(F)(F)F)cn1)S(=O)(=O)CCC(F)(F)F. The summed E-state index contributed by atoms with van der Waals surface area (Å²) in [5, 5.41) is -1.41. The van der Waals surface area contributed by atoms with E-state index in [9.17, 15) is 34.8 Å². The molecule has 0 spiro atoms. The van der Waals surface area contributed by atoms with Crippen molar-refractivity contribution < 1.29 is 34.8 Å². The lowest BCUT2D eigenvalue weighted by molar-refractivity contribution is -0.137. The second kappa shape index (κ2) is 5.82. The number of hydrogen-bond acceptors (Lipinski definition) is 3. The first-order valence-corrected chi connectivity index (χ1v) is 7.36. The van der Waals surface area contributed by atoms with Crippen LogP contribution in [0, 0.1) is 0 Å². The molecule has 0 N–H and O–H groups in total. The summed E-state index contributed by atoms with van der Waals surface area (Å²) >= 11 is 0. The van der Waals surface area contributed by atoms with Crippen LogP contribution < -0.4 is 0 Å². The van der Waals surface area contributed by atoms with Gasteiger partial charge in [-0.3, -0.25) is 4.98 Å². The summed E-state index contributed by atoms with van der Waals surface area (Å²) in [7, 11) is -4.16. The fraction of sp³-hybridized carbons (Fsp3) is 0.545. The number of hydrogen-bond donors (Lipinski definition) is 0. The number of sulfone groups is 1. The molecule has 0 amide bonds. The summed E-state index contributed by atoms with van der Waals surface area (Å²) in [4.78, 5) is 3.38. The van der Waals surface area contributed by atoms with Crippen LogP contribution in [-0.4, -0.2) is 25.3 Å². The molecule has 120 valence electrons. The topological polar surface area (TPSA) is 47.0 Å². The summed E-state index contributed by atoms with van der Waals surface area (Å²) in [5.41, 5.74) is -1.30. The first-order chi connectivity index (χ1) is 9.33. The molecule has 10 heteroatoms. The lowest BCUT2D eigenvalue weighted by atomic mass is 10.2. The van der Waals surface area contributed by atoms with E-state index in [0.717, 1.165) is 13.0 Å². The highest BCUT2D eigenvalue weighted by Crippen LogP contribution is 2.30. The van der Waals surface area contributed by atoms with Gasteiger partial charge in [0, 0.05) is 6.20 Å². The predicted octanol–water partition coefficient (Wildman–Crippen LogP) is 3.53. The molecule has 1 heterocycles. The van der Waals surface area contributed by atoms with Gasteiger partial charge in [0.05, 0.1) is 23.4 Å². The Bertz CT molecular complexity index is 576. The van der Waals surface area contributed by atoms with Crippen LogP contribution in [0.4, 0.5) is 26.3 Å². The van der Waals surface area contributed by atoms with Gasteiger partial charge in [0.25, 0.3) is 0 Å². The molecule has 0 aliphatic carbocycles. The fourth-order valence-corrected chi connectivity index (χ4v) is 2.81. The lowest BCUT2D eigenvalue weighted by Crippen LogP contribution is -2.21. The fourth-order valence-electron chi connectivity index (χ4n) is 1.43. The van der Waals surface area contributed by atoms with Gasteiger partial charge in [-0.15, -0.1) is 0 Å². The molecule has 0 aromatic carbocycles. The van der Waals surface area contributed by atoms with Crippen LogP contribution >= 0.6 is 0 Å². The Labute approximate surface area is 116 Å². The van der Waals surface area contributed by atoms with Crippen LogP contribution in [0.5, 0.6) is 0 Å². The van der Waals surface area contributed by atoms with E-state index in [1.165, 1.54) is 0 Å². The summed E-state index contributed by atoms with van der Waals surface area (Å²) in [6.07, 6.45) is -10.3. The van der Waals surface area contributed by atoms with Gasteiger partial charge in [0.15, 0.2) is 9.84 Å². The maximum absolute atomic E-state index is 12.3. The Balaban J connectivity index is 2.90. The molecular formula is C11H11F6NO2S. The quantitative estimate of drug-likeness (QED) is 0.791. The maximum Gasteiger partial charge on any atom is 0.417 e. The lowest BCUT2D eigenvalue weighted by Gasteiger charge is -2.14. The maximum atomic E-state index is 12.3. The third kappa shape index (κ3) is 5.18. The molecule has 1 unspecified atom stereocenters. The Morgan fingerprint density at radius 2 is 1.71 bits per heavy atom. The highest BCUT2D eigenvalue weighted by Gasteiger charge is 2.34. The number of halogens is 6. The third-order valence-electron chi connectivity index (χ3n) is 2.74. The van der Waals surface area contributed by atoms with Crippen molar-refractivity contribution in [1.29, 1.82) is 0 Å². The Hall–Kier alpha value is -1.32. The zero-order valence-electron chi connectivity index (χ0n) is 10.7. The molecule has 1 rings (SSSR count). The van der Waals surface area contributed by atoms with Crippen LogP contribution in [0.15, 0.2) is 18.3 Å². The van der Waals surface area contributed by atoms with Gasteiger partial charge in [0.1, 0.15) is 5.25 Å². The van der Waals surface area contributed by atoms with E-state index in [1.807, 2.05) is 0 Å². The summed E-state index contributed by atoms with van der Waals surface area (Å²) < 4.78 is 96.5.